The second kappa shape index (κ2) is 4.92. The average molecular weight is 311 g/mol. The molecule has 0 saturated heterocycles. The minimum atomic E-state index is -0.814. The molecular formula is C12H10FN3O4S. The summed E-state index contributed by atoms with van der Waals surface area (Å²) in [6.07, 6.45) is 0.238. The lowest BCUT2D eigenvalue weighted by molar-refractivity contribution is -0.497. The number of ether oxygens (including phenoxy) is 1. The fraction of sp³-hybridized carbons (Fsp3) is 0.333. The highest BCUT2D eigenvalue weighted by atomic mass is 32.1. The molecule has 0 aliphatic heterocycles. The van der Waals surface area contributed by atoms with Crippen LogP contribution in [0.2, 0.25) is 0 Å². The highest BCUT2D eigenvalue weighted by molar-refractivity contribution is 7.22. The third-order valence-electron chi connectivity index (χ3n) is 3.24. The molecule has 1 heterocycles. The molecule has 1 N–H and O–H groups in total. The lowest BCUT2D eigenvalue weighted by Gasteiger charge is -1.99. The second-order valence-corrected chi connectivity index (χ2v) is 5.69. The summed E-state index contributed by atoms with van der Waals surface area (Å²) in [5.41, 5.74) is 0.445. The van der Waals surface area contributed by atoms with E-state index in [4.69, 9.17) is 4.74 Å². The number of carbonyl (C=O) groups excluding carboxylic acids is 1. The number of hydrogen-bond acceptors (Lipinski definition) is 6. The second-order valence-electron chi connectivity index (χ2n) is 4.66. The zero-order chi connectivity index (χ0) is 15.1. The minimum absolute atomic E-state index is 0.238. The number of hydrogen-bond donors (Lipinski definition) is 1. The van der Waals surface area contributed by atoms with Crippen LogP contribution >= 0.6 is 11.3 Å². The number of nitro groups is 1. The number of rotatable bonds is 4. The summed E-state index contributed by atoms with van der Waals surface area (Å²) in [5, 5.41) is 13.4. The summed E-state index contributed by atoms with van der Waals surface area (Å²) in [5.74, 6) is -1.24. The Kier molecular flexibility index (Phi) is 3.20. The summed E-state index contributed by atoms with van der Waals surface area (Å²) in [7, 11) is 1.40. The van der Waals surface area contributed by atoms with Crippen LogP contribution in [0.1, 0.15) is 6.42 Å². The van der Waals surface area contributed by atoms with Crippen LogP contribution in [0.3, 0.4) is 0 Å². The number of halogens is 1. The summed E-state index contributed by atoms with van der Waals surface area (Å²) in [4.78, 5) is 26.1. The van der Waals surface area contributed by atoms with Crippen LogP contribution in [0, 0.1) is 21.8 Å². The molecule has 110 valence electrons. The van der Waals surface area contributed by atoms with Gasteiger partial charge in [0, 0.05) is 17.4 Å². The van der Waals surface area contributed by atoms with Crippen molar-refractivity contribution in [1.29, 1.82) is 0 Å². The van der Waals surface area contributed by atoms with Gasteiger partial charge in [0.15, 0.2) is 5.13 Å². The Balaban J connectivity index is 1.82. The normalized spacial score (nSPS) is 20.3. The number of anilines is 1. The fourth-order valence-corrected chi connectivity index (χ4v) is 2.98. The number of aromatic nitrogens is 1. The molecule has 3 rings (SSSR count). The fourth-order valence-electron chi connectivity index (χ4n) is 2.07. The van der Waals surface area contributed by atoms with Gasteiger partial charge < -0.3 is 10.1 Å². The Morgan fingerprint density at radius 3 is 3.00 bits per heavy atom. The van der Waals surface area contributed by atoms with Gasteiger partial charge in [-0.2, -0.15) is 0 Å². The molecule has 1 aromatic heterocycles. The molecule has 2 atom stereocenters. The van der Waals surface area contributed by atoms with Gasteiger partial charge >= 0.3 is 0 Å². The standard InChI is InChI=1S/C12H10FN3O4S/c1-20-8-2-5(13)3-9-10(8)14-12(21-9)15-11(17)6-4-7(6)16(18)19/h2-3,6-7H,4H2,1H3,(H,14,15,17)/t6-,7+/m1/s1. The Morgan fingerprint density at radius 2 is 2.38 bits per heavy atom. The maximum Gasteiger partial charge on any atom is 0.236 e. The van der Waals surface area contributed by atoms with Gasteiger partial charge in [-0.15, -0.1) is 0 Å². The molecule has 1 aliphatic carbocycles. The van der Waals surface area contributed by atoms with E-state index in [9.17, 15) is 19.3 Å². The first-order valence-electron chi connectivity index (χ1n) is 6.08. The van der Waals surface area contributed by atoms with E-state index in [1.165, 1.54) is 19.2 Å². The number of fused-ring (bicyclic) bond motifs is 1. The van der Waals surface area contributed by atoms with E-state index in [-0.39, 0.29) is 17.3 Å². The Morgan fingerprint density at radius 1 is 1.62 bits per heavy atom. The number of thiazole rings is 1. The molecule has 1 aliphatic rings. The van der Waals surface area contributed by atoms with Gasteiger partial charge in [0.25, 0.3) is 0 Å². The SMILES string of the molecule is COc1cc(F)cc2sc(NC(=O)[C@@H]3C[C@@H]3[N+](=O)[O-])nc12. The molecule has 21 heavy (non-hydrogen) atoms. The zero-order valence-corrected chi connectivity index (χ0v) is 11.6. The number of nitrogens with zero attached hydrogens (tertiary/aromatic N) is 2. The van der Waals surface area contributed by atoms with Crippen molar-refractivity contribution in [2.24, 2.45) is 5.92 Å². The summed E-state index contributed by atoms with van der Waals surface area (Å²) in [6, 6.07) is 1.69. The van der Waals surface area contributed by atoms with Crippen LogP contribution < -0.4 is 10.1 Å². The average Bonchev–Trinajstić information content (AvgIpc) is 3.14. The van der Waals surface area contributed by atoms with E-state index in [0.29, 0.717) is 10.2 Å². The predicted octanol–water partition coefficient (Wildman–Crippen LogP) is 2.05. The molecule has 7 nitrogen and oxygen atoms in total. The van der Waals surface area contributed by atoms with E-state index in [2.05, 4.69) is 10.3 Å². The number of amides is 1. The molecular weight excluding hydrogens is 301 g/mol. The number of methoxy groups -OCH3 is 1. The van der Waals surface area contributed by atoms with Gasteiger partial charge in [0.2, 0.25) is 11.9 Å². The van der Waals surface area contributed by atoms with Crippen molar-refractivity contribution in [2.45, 2.75) is 12.5 Å². The Hall–Kier alpha value is -2.29. The quantitative estimate of drug-likeness (QED) is 0.689. The van der Waals surface area contributed by atoms with Gasteiger partial charge in [-0.25, -0.2) is 9.37 Å². The Bertz CT molecular complexity index is 747. The van der Waals surface area contributed by atoms with Gasteiger partial charge in [0.05, 0.1) is 11.8 Å². The third kappa shape index (κ3) is 2.51. The largest absolute Gasteiger partial charge is 0.494 e. The van der Waals surface area contributed by atoms with Crippen molar-refractivity contribution in [1.82, 2.24) is 4.98 Å². The summed E-state index contributed by atoms with van der Waals surface area (Å²) < 4.78 is 18.9. The van der Waals surface area contributed by atoms with Crippen LogP contribution in [0.5, 0.6) is 5.75 Å². The van der Waals surface area contributed by atoms with E-state index < -0.39 is 28.6 Å². The Labute approximate surface area is 121 Å². The lowest BCUT2D eigenvalue weighted by atomic mass is 10.3. The van der Waals surface area contributed by atoms with E-state index in [0.717, 1.165) is 11.3 Å². The number of benzene rings is 1. The van der Waals surface area contributed by atoms with Crippen molar-refractivity contribution in [3.8, 4) is 5.75 Å². The van der Waals surface area contributed by atoms with Gasteiger partial charge in [-0.1, -0.05) is 11.3 Å². The molecule has 1 saturated carbocycles. The maximum absolute atomic E-state index is 13.4. The molecule has 1 amide bonds. The first-order valence-corrected chi connectivity index (χ1v) is 6.89. The van der Waals surface area contributed by atoms with Crippen LogP contribution in [0.15, 0.2) is 12.1 Å². The van der Waals surface area contributed by atoms with E-state index in [1.807, 2.05) is 0 Å². The van der Waals surface area contributed by atoms with Crippen molar-refractivity contribution in [3.63, 3.8) is 0 Å². The number of carbonyl (C=O) groups is 1. The molecule has 1 aromatic carbocycles. The molecule has 0 radical (unpaired) electrons. The van der Waals surface area contributed by atoms with Crippen LogP contribution in [-0.2, 0) is 4.79 Å². The molecule has 1 fully saturated rings. The van der Waals surface area contributed by atoms with Crippen LogP contribution in [0.25, 0.3) is 10.2 Å². The van der Waals surface area contributed by atoms with Gasteiger partial charge in [-0.05, 0) is 6.07 Å². The molecule has 9 heteroatoms. The molecule has 0 unspecified atom stereocenters. The van der Waals surface area contributed by atoms with Gasteiger partial charge in [0.1, 0.15) is 23.0 Å². The van der Waals surface area contributed by atoms with Crippen LogP contribution in [-0.4, -0.2) is 29.0 Å². The van der Waals surface area contributed by atoms with E-state index in [1.54, 1.807) is 0 Å². The lowest BCUT2D eigenvalue weighted by Crippen LogP contribution is -2.18. The highest BCUT2D eigenvalue weighted by Crippen LogP contribution is 2.36. The molecule has 0 bridgehead atoms. The molecule has 2 aromatic rings. The van der Waals surface area contributed by atoms with Crippen molar-refractivity contribution in [2.75, 3.05) is 12.4 Å². The maximum atomic E-state index is 13.4. The van der Waals surface area contributed by atoms with Crippen molar-refractivity contribution >= 4 is 32.6 Å². The van der Waals surface area contributed by atoms with Crippen LogP contribution in [0.4, 0.5) is 9.52 Å². The van der Waals surface area contributed by atoms with Gasteiger partial charge in [-0.3, -0.25) is 14.9 Å². The first kappa shape index (κ1) is 13.7. The molecule has 0 spiro atoms. The van der Waals surface area contributed by atoms with Crippen molar-refractivity contribution in [3.05, 3.63) is 28.1 Å². The number of nitrogens with one attached hydrogen (secondary N) is 1. The monoisotopic (exact) mass is 311 g/mol. The zero-order valence-electron chi connectivity index (χ0n) is 10.8. The highest BCUT2D eigenvalue weighted by Gasteiger charge is 2.53. The van der Waals surface area contributed by atoms with Crippen molar-refractivity contribution < 1.29 is 18.8 Å². The third-order valence-corrected chi connectivity index (χ3v) is 4.16. The first-order chi connectivity index (χ1) is 9.99. The summed E-state index contributed by atoms with van der Waals surface area (Å²) >= 11 is 1.09. The predicted molar refractivity (Wildman–Crippen MR) is 73.6 cm³/mol. The summed E-state index contributed by atoms with van der Waals surface area (Å²) in [6.45, 7) is 0. The topological polar surface area (TPSA) is 94.4 Å². The smallest absolute Gasteiger partial charge is 0.236 e. The minimum Gasteiger partial charge on any atom is -0.494 e. The van der Waals surface area contributed by atoms with E-state index >= 15 is 0 Å².